The zero-order valence-corrected chi connectivity index (χ0v) is 14.9. The molecule has 0 aromatic heterocycles. The summed E-state index contributed by atoms with van der Waals surface area (Å²) in [6, 6.07) is 4.33. The first-order valence-corrected chi connectivity index (χ1v) is 8.19. The molecule has 0 bridgehead atoms. The molecule has 0 aliphatic rings. The van der Waals surface area contributed by atoms with Crippen LogP contribution in [0.25, 0.3) is 0 Å². The fourth-order valence-electron chi connectivity index (χ4n) is 2.43. The molecular formula is C18H30ClNO. The average molecular weight is 312 g/mol. The summed E-state index contributed by atoms with van der Waals surface area (Å²) in [4.78, 5) is 0. The Bertz CT molecular complexity index is 443. The molecule has 0 radical (unpaired) electrons. The molecule has 1 aromatic carbocycles. The minimum atomic E-state index is 0.347. The van der Waals surface area contributed by atoms with Gasteiger partial charge in [0.25, 0.3) is 0 Å². The predicted octanol–water partition coefficient (Wildman–Crippen LogP) is 4.54. The highest BCUT2D eigenvalue weighted by Gasteiger charge is 2.17. The number of benzene rings is 1. The second-order valence-electron chi connectivity index (χ2n) is 6.68. The van der Waals surface area contributed by atoms with Crippen molar-refractivity contribution in [2.45, 2.75) is 47.0 Å². The SMILES string of the molecule is COCCNCCC(C)(C)CCc1cc(C)c(Cl)cc1C. The van der Waals surface area contributed by atoms with Gasteiger partial charge in [-0.2, -0.15) is 0 Å². The van der Waals surface area contributed by atoms with Gasteiger partial charge in [-0.3, -0.25) is 0 Å². The van der Waals surface area contributed by atoms with Gasteiger partial charge in [-0.15, -0.1) is 0 Å². The van der Waals surface area contributed by atoms with Gasteiger partial charge in [0.15, 0.2) is 0 Å². The number of hydrogen-bond acceptors (Lipinski definition) is 2. The van der Waals surface area contributed by atoms with Crippen LogP contribution >= 0.6 is 11.6 Å². The van der Waals surface area contributed by atoms with Crippen LogP contribution in [-0.4, -0.2) is 26.8 Å². The summed E-state index contributed by atoms with van der Waals surface area (Å²) in [5.41, 5.74) is 4.26. The summed E-state index contributed by atoms with van der Waals surface area (Å²) in [6.07, 6.45) is 3.50. The van der Waals surface area contributed by atoms with E-state index in [2.05, 4.69) is 45.1 Å². The Kier molecular flexibility index (Phi) is 7.72. The van der Waals surface area contributed by atoms with Crippen LogP contribution in [0.4, 0.5) is 0 Å². The quantitative estimate of drug-likeness (QED) is 0.676. The lowest BCUT2D eigenvalue weighted by atomic mass is 9.82. The molecule has 1 rings (SSSR count). The van der Waals surface area contributed by atoms with E-state index in [1.54, 1.807) is 7.11 Å². The minimum absolute atomic E-state index is 0.347. The van der Waals surface area contributed by atoms with Crippen LogP contribution in [0.2, 0.25) is 5.02 Å². The van der Waals surface area contributed by atoms with Crippen molar-refractivity contribution in [2.24, 2.45) is 5.41 Å². The molecule has 2 nitrogen and oxygen atoms in total. The van der Waals surface area contributed by atoms with E-state index < -0.39 is 0 Å². The molecule has 1 N–H and O–H groups in total. The number of aryl methyl sites for hydroxylation is 3. The van der Waals surface area contributed by atoms with E-state index in [0.717, 1.165) is 31.1 Å². The first-order valence-electron chi connectivity index (χ1n) is 7.81. The van der Waals surface area contributed by atoms with Crippen LogP contribution < -0.4 is 5.32 Å². The maximum Gasteiger partial charge on any atom is 0.0587 e. The molecule has 1 aromatic rings. The molecule has 21 heavy (non-hydrogen) atoms. The second kappa shape index (κ2) is 8.77. The van der Waals surface area contributed by atoms with E-state index in [0.29, 0.717) is 5.41 Å². The Morgan fingerprint density at radius 3 is 2.48 bits per heavy atom. The van der Waals surface area contributed by atoms with Gasteiger partial charge in [0.1, 0.15) is 0 Å². The van der Waals surface area contributed by atoms with Gasteiger partial charge in [0.2, 0.25) is 0 Å². The van der Waals surface area contributed by atoms with E-state index in [9.17, 15) is 0 Å². The maximum absolute atomic E-state index is 6.17. The van der Waals surface area contributed by atoms with Crippen molar-refractivity contribution in [1.82, 2.24) is 5.32 Å². The predicted molar refractivity (Wildman–Crippen MR) is 92.4 cm³/mol. The first kappa shape index (κ1) is 18.5. The van der Waals surface area contributed by atoms with E-state index in [1.807, 2.05) is 0 Å². The molecular weight excluding hydrogens is 282 g/mol. The summed E-state index contributed by atoms with van der Waals surface area (Å²) < 4.78 is 5.04. The Balaban J connectivity index is 2.44. The van der Waals surface area contributed by atoms with Crippen molar-refractivity contribution in [2.75, 3.05) is 26.8 Å². The second-order valence-corrected chi connectivity index (χ2v) is 7.09. The van der Waals surface area contributed by atoms with Gasteiger partial charge in [0.05, 0.1) is 6.61 Å². The summed E-state index contributed by atoms with van der Waals surface area (Å²) in [6.45, 7) is 11.7. The monoisotopic (exact) mass is 311 g/mol. The average Bonchev–Trinajstić information content (AvgIpc) is 2.41. The highest BCUT2D eigenvalue weighted by molar-refractivity contribution is 6.31. The lowest BCUT2D eigenvalue weighted by molar-refractivity contribution is 0.197. The Morgan fingerprint density at radius 2 is 1.81 bits per heavy atom. The van der Waals surface area contributed by atoms with Crippen LogP contribution in [0.1, 0.15) is 43.4 Å². The molecule has 0 atom stereocenters. The fraction of sp³-hybridized carbons (Fsp3) is 0.667. The van der Waals surface area contributed by atoms with Crippen LogP contribution in [0.5, 0.6) is 0 Å². The van der Waals surface area contributed by atoms with Crippen molar-refractivity contribution in [3.63, 3.8) is 0 Å². The third kappa shape index (κ3) is 6.82. The first-order chi connectivity index (χ1) is 9.85. The lowest BCUT2D eigenvalue weighted by Gasteiger charge is -2.25. The largest absolute Gasteiger partial charge is 0.383 e. The van der Waals surface area contributed by atoms with Gasteiger partial charge >= 0.3 is 0 Å². The molecule has 0 aliphatic heterocycles. The molecule has 0 unspecified atom stereocenters. The van der Waals surface area contributed by atoms with Crippen molar-refractivity contribution in [1.29, 1.82) is 0 Å². The molecule has 0 spiro atoms. The molecule has 120 valence electrons. The third-order valence-electron chi connectivity index (χ3n) is 4.15. The number of nitrogens with one attached hydrogen (secondary N) is 1. The number of hydrogen-bond donors (Lipinski definition) is 1. The Morgan fingerprint density at radius 1 is 1.10 bits per heavy atom. The van der Waals surface area contributed by atoms with Crippen molar-refractivity contribution in [3.05, 3.63) is 33.8 Å². The molecule has 0 heterocycles. The Labute approximate surface area is 135 Å². The zero-order chi connectivity index (χ0) is 15.9. The molecule has 3 heteroatoms. The van der Waals surface area contributed by atoms with E-state index in [-0.39, 0.29) is 0 Å². The highest BCUT2D eigenvalue weighted by atomic mass is 35.5. The molecule has 0 fully saturated rings. The van der Waals surface area contributed by atoms with Gasteiger partial charge < -0.3 is 10.1 Å². The normalized spacial score (nSPS) is 11.9. The third-order valence-corrected chi connectivity index (χ3v) is 4.56. The van der Waals surface area contributed by atoms with Crippen LogP contribution in [0.3, 0.4) is 0 Å². The van der Waals surface area contributed by atoms with E-state index in [4.69, 9.17) is 16.3 Å². The molecule has 0 aliphatic carbocycles. The number of halogens is 1. The zero-order valence-electron chi connectivity index (χ0n) is 14.2. The molecule has 0 saturated carbocycles. The summed E-state index contributed by atoms with van der Waals surface area (Å²) in [7, 11) is 1.74. The van der Waals surface area contributed by atoms with Gasteiger partial charge in [-0.25, -0.2) is 0 Å². The number of ether oxygens (including phenoxy) is 1. The van der Waals surface area contributed by atoms with Gasteiger partial charge in [0, 0.05) is 18.7 Å². The summed E-state index contributed by atoms with van der Waals surface area (Å²) >= 11 is 6.17. The topological polar surface area (TPSA) is 21.3 Å². The van der Waals surface area contributed by atoms with Crippen LogP contribution in [0, 0.1) is 19.3 Å². The van der Waals surface area contributed by atoms with Crippen molar-refractivity contribution >= 4 is 11.6 Å². The minimum Gasteiger partial charge on any atom is -0.383 e. The summed E-state index contributed by atoms with van der Waals surface area (Å²) in [5, 5.41) is 4.30. The Hall–Kier alpha value is -0.570. The van der Waals surface area contributed by atoms with Gasteiger partial charge in [-0.1, -0.05) is 31.5 Å². The molecule has 0 saturated heterocycles. The summed E-state index contributed by atoms with van der Waals surface area (Å²) in [5.74, 6) is 0. The van der Waals surface area contributed by atoms with Crippen molar-refractivity contribution in [3.8, 4) is 0 Å². The lowest BCUT2D eigenvalue weighted by Crippen LogP contribution is -2.25. The highest BCUT2D eigenvalue weighted by Crippen LogP contribution is 2.29. The van der Waals surface area contributed by atoms with Gasteiger partial charge in [-0.05, 0) is 67.8 Å². The standard InChI is InChI=1S/C18H30ClNO/c1-14-13-17(19)15(2)12-16(14)6-7-18(3,4)8-9-20-10-11-21-5/h12-13,20H,6-11H2,1-5H3. The molecule has 0 amide bonds. The smallest absolute Gasteiger partial charge is 0.0587 e. The maximum atomic E-state index is 6.17. The van der Waals surface area contributed by atoms with Crippen molar-refractivity contribution < 1.29 is 4.74 Å². The van der Waals surface area contributed by atoms with E-state index in [1.165, 1.54) is 29.5 Å². The number of rotatable bonds is 9. The number of methoxy groups -OCH3 is 1. The fourth-order valence-corrected chi connectivity index (χ4v) is 2.65. The van der Waals surface area contributed by atoms with Crippen LogP contribution in [-0.2, 0) is 11.2 Å². The van der Waals surface area contributed by atoms with Crippen LogP contribution in [0.15, 0.2) is 12.1 Å². The van der Waals surface area contributed by atoms with E-state index >= 15 is 0 Å².